The van der Waals surface area contributed by atoms with Crippen molar-refractivity contribution in [1.82, 2.24) is 25.3 Å². The van der Waals surface area contributed by atoms with Gasteiger partial charge < -0.3 is 15.5 Å². The highest BCUT2D eigenvalue weighted by atomic mass is 127. The standard InChI is InChI=1S/C24H34N6O.HI/c1-25-24(26-14-12-19-16-27-30(17-19)22-10-6-3-7-11-22)28-21-13-15-29(18-21)23(31)20-8-4-2-5-9-20;/h3,6-7,10-11,16-17,20-21H,2,4-5,8-9,12-15,18H2,1H3,(H2,25,26,28);1H. The number of hydrogen-bond acceptors (Lipinski definition) is 3. The molecule has 1 aromatic carbocycles. The molecular weight excluding hydrogens is 515 g/mol. The van der Waals surface area contributed by atoms with Crippen molar-refractivity contribution in [2.75, 3.05) is 26.7 Å². The van der Waals surface area contributed by atoms with Gasteiger partial charge in [0.15, 0.2) is 5.96 Å². The van der Waals surface area contributed by atoms with Crippen molar-refractivity contribution in [3.8, 4) is 5.69 Å². The van der Waals surface area contributed by atoms with Crippen molar-refractivity contribution < 1.29 is 4.79 Å². The smallest absolute Gasteiger partial charge is 0.225 e. The molecule has 1 aliphatic heterocycles. The quantitative estimate of drug-likeness (QED) is 0.329. The maximum absolute atomic E-state index is 12.8. The molecule has 1 amide bonds. The van der Waals surface area contributed by atoms with E-state index < -0.39 is 0 Å². The molecule has 2 fully saturated rings. The number of aliphatic imine (C=N–C) groups is 1. The monoisotopic (exact) mass is 550 g/mol. The molecule has 1 aliphatic carbocycles. The normalized spacial score (nSPS) is 19.5. The Morgan fingerprint density at radius 2 is 1.94 bits per heavy atom. The second kappa shape index (κ2) is 12.2. The molecule has 1 saturated carbocycles. The van der Waals surface area contributed by atoms with Gasteiger partial charge in [0.2, 0.25) is 5.91 Å². The number of para-hydroxylation sites is 1. The van der Waals surface area contributed by atoms with E-state index in [1.165, 1.54) is 24.8 Å². The summed E-state index contributed by atoms with van der Waals surface area (Å²) in [5, 5.41) is 11.4. The Morgan fingerprint density at radius 3 is 2.69 bits per heavy atom. The summed E-state index contributed by atoms with van der Waals surface area (Å²) in [7, 11) is 1.79. The molecule has 1 saturated heterocycles. The van der Waals surface area contributed by atoms with Crippen molar-refractivity contribution in [2.24, 2.45) is 10.9 Å². The largest absolute Gasteiger partial charge is 0.356 e. The number of nitrogens with one attached hydrogen (secondary N) is 2. The SMILES string of the molecule is CN=C(NCCc1cnn(-c2ccccc2)c1)NC1CCN(C(=O)C2CCCCC2)C1.I. The molecule has 2 aliphatic rings. The molecule has 2 aromatic rings. The third-order valence-corrected chi connectivity index (χ3v) is 6.38. The van der Waals surface area contributed by atoms with E-state index in [4.69, 9.17) is 0 Å². The number of halogens is 1. The topological polar surface area (TPSA) is 74.6 Å². The fourth-order valence-corrected chi connectivity index (χ4v) is 4.61. The highest BCUT2D eigenvalue weighted by molar-refractivity contribution is 14.0. The predicted octanol–water partition coefficient (Wildman–Crippen LogP) is 3.38. The molecule has 0 spiro atoms. The number of nitrogens with zero attached hydrogens (tertiary/aromatic N) is 4. The molecular formula is C24H35IN6O. The van der Waals surface area contributed by atoms with Gasteiger partial charge in [0, 0.05) is 44.8 Å². The lowest BCUT2D eigenvalue weighted by molar-refractivity contribution is -0.135. The Balaban J connectivity index is 0.00000289. The lowest BCUT2D eigenvalue weighted by atomic mass is 9.88. The van der Waals surface area contributed by atoms with Gasteiger partial charge in [-0.15, -0.1) is 24.0 Å². The van der Waals surface area contributed by atoms with Crippen molar-refractivity contribution >= 4 is 35.8 Å². The van der Waals surface area contributed by atoms with Gasteiger partial charge in [-0.1, -0.05) is 37.5 Å². The first-order chi connectivity index (χ1) is 15.2. The highest BCUT2D eigenvalue weighted by Crippen LogP contribution is 2.26. The highest BCUT2D eigenvalue weighted by Gasteiger charge is 2.31. The van der Waals surface area contributed by atoms with Crippen LogP contribution in [0.15, 0.2) is 47.7 Å². The number of aromatic nitrogens is 2. The minimum atomic E-state index is 0. The molecule has 32 heavy (non-hydrogen) atoms. The predicted molar refractivity (Wildman–Crippen MR) is 139 cm³/mol. The molecule has 1 atom stereocenters. The maximum Gasteiger partial charge on any atom is 0.225 e. The van der Waals surface area contributed by atoms with E-state index in [1.54, 1.807) is 7.05 Å². The molecule has 0 bridgehead atoms. The summed E-state index contributed by atoms with van der Waals surface area (Å²) in [4.78, 5) is 19.2. The van der Waals surface area contributed by atoms with E-state index in [1.807, 2.05) is 41.2 Å². The van der Waals surface area contributed by atoms with Crippen LogP contribution in [0.3, 0.4) is 0 Å². The van der Waals surface area contributed by atoms with Crippen LogP contribution in [0, 0.1) is 5.92 Å². The number of rotatable bonds is 6. The Kier molecular flexibility index (Phi) is 9.37. The molecule has 8 heteroatoms. The number of carbonyl (C=O) groups is 1. The van der Waals surface area contributed by atoms with Crippen LogP contribution in [0.4, 0.5) is 0 Å². The van der Waals surface area contributed by atoms with Gasteiger partial charge in [-0.3, -0.25) is 9.79 Å². The van der Waals surface area contributed by atoms with Crippen LogP contribution in [0.2, 0.25) is 0 Å². The molecule has 1 unspecified atom stereocenters. The molecule has 4 rings (SSSR count). The average Bonchev–Trinajstić information content (AvgIpc) is 3.49. The zero-order valence-electron chi connectivity index (χ0n) is 18.9. The maximum atomic E-state index is 12.8. The number of likely N-dealkylation sites (tertiary alicyclic amines) is 1. The fraction of sp³-hybridized carbons (Fsp3) is 0.542. The summed E-state index contributed by atoms with van der Waals surface area (Å²) in [5.41, 5.74) is 2.24. The van der Waals surface area contributed by atoms with Crippen LogP contribution in [-0.2, 0) is 11.2 Å². The summed E-state index contributed by atoms with van der Waals surface area (Å²) in [6, 6.07) is 10.4. The van der Waals surface area contributed by atoms with Gasteiger partial charge in [-0.2, -0.15) is 5.10 Å². The first kappa shape index (κ1) is 24.5. The van der Waals surface area contributed by atoms with Crippen LogP contribution in [-0.4, -0.2) is 59.3 Å². The Labute approximate surface area is 208 Å². The molecule has 0 radical (unpaired) electrons. The zero-order valence-corrected chi connectivity index (χ0v) is 21.2. The Bertz CT molecular complexity index is 878. The second-order valence-electron chi connectivity index (χ2n) is 8.63. The Hall–Kier alpha value is -2.10. The third-order valence-electron chi connectivity index (χ3n) is 6.38. The Morgan fingerprint density at radius 1 is 1.16 bits per heavy atom. The van der Waals surface area contributed by atoms with Crippen molar-refractivity contribution in [1.29, 1.82) is 0 Å². The van der Waals surface area contributed by atoms with Crippen LogP contribution in [0.5, 0.6) is 0 Å². The third kappa shape index (κ3) is 6.46. The molecule has 7 nitrogen and oxygen atoms in total. The van der Waals surface area contributed by atoms with E-state index in [2.05, 4.69) is 31.8 Å². The van der Waals surface area contributed by atoms with Gasteiger partial charge in [0.25, 0.3) is 0 Å². The van der Waals surface area contributed by atoms with Crippen molar-refractivity contribution in [2.45, 2.75) is 51.0 Å². The number of hydrogen-bond donors (Lipinski definition) is 2. The lowest BCUT2D eigenvalue weighted by Crippen LogP contribution is -2.46. The second-order valence-corrected chi connectivity index (χ2v) is 8.63. The van der Waals surface area contributed by atoms with Crippen LogP contribution in [0.25, 0.3) is 5.69 Å². The molecule has 2 heterocycles. The summed E-state index contributed by atoms with van der Waals surface area (Å²) in [6.45, 7) is 2.40. The van der Waals surface area contributed by atoms with Gasteiger partial charge >= 0.3 is 0 Å². The minimum absolute atomic E-state index is 0. The summed E-state index contributed by atoms with van der Waals surface area (Å²) in [5.74, 6) is 1.41. The van der Waals surface area contributed by atoms with E-state index in [0.717, 1.165) is 57.0 Å². The summed E-state index contributed by atoms with van der Waals surface area (Å²) in [6.07, 6.45) is 11.6. The fourth-order valence-electron chi connectivity index (χ4n) is 4.61. The summed E-state index contributed by atoms with van der Waals surface area (Å²) < 4.78 is 1.90. The first-order valence-electron chi connectivity index (χ1n) is 11.6. The lowest BCUT2D eigenvalue weighted by Gasteiger charge is -2.26. The van der Waals surface area contributed by atoms with Crippen molar-refractivity contribution in [3.63, 3.8) is 0 Å². The number of benzene rings is 1. The van der Waals surface area contributed by atoms with E-state index in [0.29, 0.717) is 5.91 Å². The molecule has 2 N–H and O–H groups in total. The van der Waals surface area contributed by atoms with E-state index in [-0.39, 0.29) is 35.9 Å². The van der Waals surface area contributed by atoms with Gasteiger partial charge in [0.05, 0.1) is 11.9 Å². The number of carbonyl (C=O) groups excluding carboxylic acids is 1. The first-order valence-corrected chi connectivity index (χ1v) is 11.6. The molecule has 174 valence electrons. The van der Waals surface area contributed by atoms with Crippen LogP contribution >= 0.6 is 24.0 Å². The summed E-state index contributed by atoms with van der Waals surface area (Å²) >= 11 is 0. The van der Waals surface area contributed by atoms with Gasteiger partial charge in [0.1, 0.15) is 0 Å². The minimum Gasteiger partial charge on any atom is -0.356 e. The zero-order chi connectivity index (χ0) is 21.5. The van der Waals surface area contributed by atoms with E-state index in [9.17, 15) is 4.79 Å². The molecule has 1 aromatic heterocycles. The van der Waals surface area contributed by atoms with Gasteiger partial charge in [-0.25, -0.2) is 4.68 Å². The van der Waals surface area contributed by atoms with Gasteiger partial charge in [-0.05, 0) is 43.4 Å². The van der Waals surface area contributed by atoms with Crippen molar-refractivity contribution in [3.05, 3.63) is 48.3 Å². The van der Waals surface area contributed by atoms with E-state index >= 15 is 0 Å². The average molecular weight is 550 g/mol. The van der Waals surface area contributed by atoms with Crippen LogP contribution < -0.4 is 10.6 Å². The van der Waals surface area contributed by atoms with Crippen LogP contribution in [0.1, 0.15) is 44.1 Å². The number of guanidine groups is 1. The number of amides is 1.